The molecule has 10 heteroatoms. The molecule has 3 aliphatic heterocycles. The molecule has 6 rings (SSSR count). The van der Waals surface area contributed by atoms with Gasteiger partial charge in [-0.05, 0) is 32.1 Å². The Balaban J connectivity index is 1.29. The Labute approximate surface area is 184 Å². The fourth-order valence-electron chi connectivity index (χ4n) is 5.49. The van der Waals surface area contributed by atoms with Gasteiger partial charge in [0.1, 0.15) is 22.7 Å². The SMILES string of the molecule is C/C=C1\C(=N)N(C2CCOC(C3CSC(c4ncc[nH]4)=N3)C2)C2(C[C@@H]2C)c2nncn21. The van der Waals surface area contributed by atoms with Gasteiger partial charge >= 0.3 is 0 Å². The van der Waals surface area contributed by atoms with E-state index in [-0.39, 0.29) is 23.7 Å². The normalized spacial score (nSPS) is 36.2. The standard InChI is InChI=1S/C21H26N8OS/c1-3-15-17(22)29(21(9-12(21)2)20-27-25-11-28(15)20)13-4-7-30-16(8-13)14-10-31-19(26-14)18-23-5-6-24-18/h3,5-6,11-14,16,22H,4,7-10H2,1-2H3,(H,23,24)/b15-3+,22-17?/t12-,13?,14?,16?,21?/m0/s1. The van der Waals surface area contributed by atoms with Crippen molar-refractivity contribution in [3.8, 4) is 0 Å². The molecule has 1 saturated carbocycles. The van der Waals surface area contributed by atoms with Crippen molar-refractivity contribution in [1.29, 1.82) is 5.41 Å². The largest absolute Gasteiger partial charge is 0.376 e. The number of hydrogen-bond acceptors (Lipinski definition) is 7. The van der Waals surface area contributed by atoms with Gasteiger partial charge in [0, 0.05) is 30.8 Å². The highest BCUT2D eigenvalue weighted by atomic mass is 32.2. The molecule has 4 aliphatic rings. The summed E-state index contributed by atoms with van der Waals surface area (Å²) in [5.41, 5.74) is 0.641. The van der Waals surface area contributed by atoms with Crippen molar-refractivity contribution in [3.05, 3.63) is 36.4 Å². The van der Waals surface area contributed by atoms with Crippen molar-refractivity contribution in [2.45, 2.75) is 56.8 Å². The lowest BCUT2D eigenvalue weighted by atomic mass is 9.93. The zero-order valence-corrected chi connectivity index (χ0v) is 18.5. The van der Waals surface area contributed by atoms with Gasteiger partial charge in [-0.3, -0.25) is 15.0 Å². The highest BCUT2D eigenvalue weighted by Gasteiger charge is 2.64. The molecule has 2 aromatic rings. The number of aromatic amines is 1. The molecule has 2 N–H and O–H groups in total. The zero-order valence-electron chi connectivity index (χ0n) is 17.7. The maximum Gasteiger partial charge on any atom is 0.163 e. The van der Waals surface area contributed by atoms with Crippen LogP contribution in [0, 0.1) is 11.3 Å². The second-order valence-corrected chi connectivity index (χ2v) is 9.79. The van der Waals surface area contributed by atoms with Crippen LogP contribution in [0.25, 0.3) is 5.70 Å². The third-order valence-corrected chi connectivity index (χ3v) is 8.19. The van der Waals surface area contributed by atoms with Crippen LogP contribution < -0.4 is 0 Å². The third-order valence-electron chi connectivity index (χ3n) is 7.11. The van der Waals surface area contributed by atoms with E-state index in [9.17, 15) is 0 Å². The summed E-state index contributed by atoms with van der Waals surface area (Å²) in [6.07, 6.45) is 10.2. The van der Waals surface area contributed by atoms with Gasteiger partial charge in [-0.25, -0.2) is 4.98 Å². The highest BCUT2D eigenvalue weighted by molar-refractivity contribution is 8.14. The van der Waals surface area contributed by atoms with Gasteiger partial charge in [-0.15, -0.1) is 22.0 Å². The first-order valence-electron chi connectivity index (χ1n) is 10.9. The Morgan fingerprint density at radius 3 is 3.03 bits per heavy atom. The lowest BCUT2D eigenvalue weighted by Gasteiger charge is -2.47. The number of amidine groups is 1. The number of aromatic nitrogens is 5. The molecular formula is C21H26N8OS. The minimum atomic E-state index is -0.223. The van der Waals surface area contributed by atoms with E-state index in [1.807, 2.05) is 23.8 Å². The van der Waals surface area contributed by atoms with Crippen molar-refractivity contribution >= 4 is 28.3 Å². The summed E-state index contributed by atoms with van der Waals surface area (Å²) < 4.78 is 8.22. The van der Waals surface area contributed by atoms with Crippen LogP contribution in [-0.2, 0) is 10.3 Å². The summed E-state index contributed by atoms with van der Waals surface area (Å²) in [6, 6.07) is 0.341. The molecule has 4 unspecified atom stereocenters. The van der Waals surface area contributed by atoms with Crippen LogP contribution in [-0.4, -0.2) is 71.1 Å². The van der Waals surface area contributed by atoms with Crippen molar-refractivity contribution in [2.75, 3.05) is 12.4 Å². The number of rotatable bonds is 3. The van der Waals surface area contributed by atoms with Crippen LogP contribution in [0.4, 0.5) is 0 Å². The number of thioether (sulfide) groups is 1. The first-order valence-corrected chi connectivity index (χ1v) is 11.9. The summed E-state index contributed by atoms with van der Waals surface area (Å²) in [4.78, 5) is 14.8. The second-order valence-electron chi connectivity index (χ2n) is 8.78. The van der Waals surface area contributed by atoms with Crippen LogP contribution in [0.3, 0.4) is 0 Å². The van der Waals surface area contributed by atoms with E-state index in [0.717, 1.165) is 47.4 Å². The molecule has 1 spiro atoms. The minimum Gasteiger partial charge on any atom is -0.376 e. The molecule has 5 atom stereocenters. The van der Waals surface area contributed by atoms with Gasteiger partial charge < -0.3 is 14.6 Å². The molecule has 2 aromatic heterocycles. The van der Waals surface area contributed by atoms with Crippen molar-refractivity contribution < 1.29 is 4.74 Å². The van der Waals surface area contributed by atoms with Crippen LogP contribution >= 0.6 is 11.8 Å². The number of ether oxygens (including phenoxy) is 1. The minimum absolute atomic E-state index is 0.0477. The number of aliphatic imine (C=N–C) groups is 1. The molecule has 2 fully saturated rings. The van der Waals surface area contributed by atoms with Gasteiger partial charge in [0.15, 0.2) is 11.6 Å². The fraction of sp³-hybridized carbons (Fsp3) is 0.571. The van der Waals surface area contributed by atoms with Crippen LogP contribution in [0.5, 0.6) is 0 Å². The maximum absolute atomic E-state index is 9.09. The molecule has 0 bridgehead atoms. The Morgan fingerprint density at radius 2 is 2.29 bits per heavy atom. The Bertz CT molecular complexity index is 1080. The molecule has 5 heterocycles. The molecule has 31 heavy (non-hydrogen) atoms. The lowest BCUT2D eigenvalue weighted by molar-refractivity contribution is -0.0330. The van der Waals surface area contributed by atoms with E-state index in [1.54, 1.807) is 24.3 Å². The highest BCUT2D eigenvalue weighted by Crippen LogP contribution is 2.59. The Kier molecular flexibility index (Phi) is 4.36. The summed E-state index contributed by atoms with van der Waals surface area (Å²) in [5, 5.41) is 18.7. The third kappa shape index (κ3) is 2.77. The van der Waals surface area contributed by atoms with Crippen molar-refractivity contribution in [2.24, 2.45) is 10.9 Å². The summed E-state index contributed by atoms with van der Waals surface area (Å²) >= 11 is 1.74. The quantitative estimate of drug-likeness (QED) is 0.762. The first-order chi connectivity index (χ1) is 15.1. The Hall–Kier alpha value is -2.46. The molecule has 0 radical (unpaired) electrons. The van der Waals surface area contributed by atoms with Gasteiger partial charge in [0.2, 0.25) is 0 Å². The fourth-order valence-corrected chi connectivity index (χ4v) is 6.57. The van der Waals surface area contributed by atoms with Crippen molar-refractivity contribution in [3.63, 3.8) is 0 Å². The summed E-state index contributed by atoms with van der Waals surface area (Å²) in [6.45, 7) is 4.92. The van der Waals surface area contributed by atoms with E-state index >= 15 is 0 Å². The van der Waals surface area contributed by atoms with E-state index in [1.165, 1.54) is 0 Å². The van der Waals surface area contributed by atoms with Gasteiger partial charge in [-0.2, -0.15) is 0 Å². The number of fused-ring (bicyclic) bond motifs is 2. The predicted molar refractivity (Wildman–Crippen MR) is 119 cm³/mol. The van der Waals surface area contributed by atoms with E-state index in [4.69, 9.17) is 15.1 Å². The molecule has 1 saturated heterocycles. The average molecular weight is 439 g/mol. The van der Waals surface area contributed by atoms with Crippen LogP contribution in [0.2, 0.25) is 0 Å². The van der Waals surface area contributed by atoms with Crippen LogP contribution in [0.1, 0.15) is 44.8 Å². The molecule has 0 aromatic carbocycles. The van der Waals surface area contributed by atoms with E-state index in [0.29, 0.717) is 18.4 Å². The number of allylic oxidation sites excluding steroid dienone is 1. The number of imidazole rings is 1. The second kappa shape index (κ2) is 7.03. The van der Waals surface area contributed by atoms with Gasteiger partial charge in [-0.1, -0.05) is 13.0 Å². The molecule has 1 aliphatic carbocycles. The average Bonchev–Trinajstić information content (AvgIpc) is 3.34. The maximum atomic E-state index is 9.09. The summed E-state index contributed by atoms with van der Waals surface area (Å²) in [7, 11) is 0. The monoisotopic (exact) mass is 438 g/mol. The number of nitrogens with zero attached hydrogens (tertiary/aromatic N) is 6. The lowest BCUT2D eigenvalue weighted by Crippen LogP contribution is -2.56. The number of hydrogen-bond donors (Lipinski definition) is 2. The molecule has 0 amide bonds. The van der Waals surface area contributed by atoms with Gasteiger partial charge in [0.25, 0.3) is 0 Å². The Morgan fingerprint density at radius 1 is 1.42 bits per heavy atom. The van der Waals surface area contributed by atoms with Crippen molar-refractivity contribution in [1.82, 2.24) is 29.6 Å². The van der Waals surface area contributed by atoms with Gasteiger partial charge in [0.05, 0.1) is 17.8 Å². The summed E-state index contributed by atoms with van der Waals surface area (Å²) in [5.74, 6) is 3.73. The van der Waals surface area contributed by atoms with E-state index in [2.05, 4.69) is 32.0 Å². The predicted octanol–water partition coefficient (Wildman–Crippen LogP) is 2.50. The molecule has 162 valence electrons. The topological polar surface area (TPSA) is 108 Å². The van der Waals surface area contributed by atoms with E-state index < -0.39 is 0 Å². The first kappa shape index (κ1) is 19.2. The number of H-pyrrole nitrogens is 1. The zero-order chi connectivity index (χ0) is 21.2. The molecule has 9 nitrogen and oxygen atoms in total. The molecular weight excluding hydrogens is 412 g/mol. The number of nitrogens with one attached hydrogen (secondary N) is 2. The smallest absolute Gasteiger partial charge is 0.163 e. The van der Waals surface area contributed by atoms with Crippen LogP contribution in [0.15, 0.2) is 29.8 Å².